The quantitative estimate of drug-likeness (QED) is 0.689. The van der Waals surface area contributed by atoms with Gasteiger partial charge in [0.15, 0.2) is 5.79 Å². The van der Waals surface area contributed by atoms with Gasteiger partial charge in [-0.05, 0) is 13.8 Å². The van der Waals surface area contributed by atoms with E-state index in [-0.39, 0.29) is 17.0 Å². The molecule has 2 rings (SSSR count). The minimum Gasteiger partial charge on any atom is -0.389 e. The molecule has 2 aliphatic rings. The summed E-state index contributed by atoms with van der Waals surface area (Å²) in [5.74, 6) is -0.679. The molecule has 1 fully saturated rings. The summed E-state index contributed by atoms with van der Waals surface area (Å²) in [6.45, 7) is 3.62. The van der Waals surface area contributed by atoms with Crippen LogP contribution in [0.5, 0.6) is 0 Å². The summed E-state index contributed by atoms with van der Waals surface area (Å²) >= 11 is 9.34. The highest BCUT2D eigenvalue weighted by molar-refractivity contribution is 9.09. The molecule has 0 unspecified atom stereocenters. The van der Waals surface area contributed by atoms with E-state index in [1.165, 1.54) is 0 Å². The Morgan fingerprint density at radius 3 is 2.79 bits per heavy atom. The van der Waals surface area contributed by atoms with Crippen molar-refractivity contribution in [1.82, 2.24) is 0 Å². The smallest absolute Gasteiger partial charge is 0.164 e. The fourth-order valence-electron chi connectivity index (χ4n) is 1.78. The van der Waals surface area contributed by atoms with Crippen LogP contribution in [0.15, 0.2) is 11.1 Å². The molecule has 0 saturated carbocycles. The van der Waals surface area contributed by atoms with Crippen molar-refractivity contribution < 1.29 is 14.6 Å². The lowest BCUT2D eigenvalue weighted by atomic mass is 9.99. The number of hydrogen-bond donors (Lipinski definition) is 1. The van der Waals surface area contributed by atoms with Gasteiger partial charge in [-0.15, -0.1) is 0 Å². The van der Waals surface area contributed by atoms with E-state index in [0.717, 1.165) is 0 Å². The van der Waals surface area contributed by atoms with Crippen LogP contribution in [0, 0.1) is 0 Å². The highest BCUT2D eigenvalue weighted by Crippen LogP contribution is 2.40. The molecule has 0 aromatic heterocycles. The molecule has 5 heteroatoms. The number of fused-ring (bicyclic) bond motifs is 1. The Morgan fingerprint density at radius 2 is 2.14 bits per heavy atom. The van der Waals surface area contributed by atoms with Crippen LogP contribution in [-0.2, 0) is 9.47 Å². The molecule has 0 radical (unpaired) electrons. The van der Waals surface area contributed by atoms with Crippen LogP contribution in [0.3, 0.4) is 0 Å². The second kappa shape index (κ2) is 3.46. The molecule has 1 saturated heterocycles. The monoisotopic (exact) mass is 282 g/mol. The van der Waals surface area contributed by atoms with Crippen molar-refractivity contribution in [2.75, 3.05) is 0 Å². The molecule has 0 aromatic rings. The molecule has 14 heavy (non-hydrogen) atoms. The minimum absolute atomic E-state index is 0.172. The summed E-state index contributed by atoms with van der Waals surface area (Å²) in [5.41, 5.74) is 0. The van der Waals surface area contributed by atoms with Crippen molar-refractivity contribution in [3.8, 4) is 0 Å². The third-order valence-corrected chi connectivity index (χ3v) is 3.53. The molecule has 4 atom stereocenters. The van der Waals surface area contributed by atoms with Crippen molar-refractivity contribution in [2.45, 2.75) is 42.8 Å². The minimum atomic E-state index is -0.679. The zero-order valence-electron chi connectivity index (χ0n) is 7.91. The van der Waals surface area contributed by atoms with E-state index in [1.807, 2.05) is 13.8 Å². The third kappa shape index (κ3) is 1.74. The number of ether oxygens (including phenoxy) is 2. The van der Waals surface area contributed by atoms with Gasteiger partial charge in [0.25, 0.3) is 0 Å². The Morgan fingerprint density at radius 1 is 1.50 bits per heavy atom. The van der Waals surface area contributed by atoms with E-state index in [9.17, 15) is 5.11 Å². The van der Waals surface area contributed by atoms with Gasteiger partial charge in [-0.2, -0.15) is 0 Å². The standard InChI is InChI=1S/C9H12BrClO3/c1-9(2)13-7-5(11)3-4(10)6(12)8(7)14-9/h3-4,6-8,12H,1-2H3/t4-,6+,7-,8+/m1/s1. The predicted octanol–water partition coefficient (Wildman–Crippen LogP) is 1.77. The number of aliphatic hydroxyl groups is 1. The zero-order chi connectivity index (χ0) is 10.5. The topological polar surface area (TPSA) is 38.7 Å². The molecule has 0 spiro atoms. The molecule has 1 aliphatic heterocycles. The number of rotatable bonds is 0. The first kappa shape index (κ1) is 10.9. The van der Waals surface area contributed by atoms with Gasteiger partial charge in [-0.25, -0.2) is 0 Å². The highest BCUT2D eigenvalue weighted by atomic mass is 79.9. The van der Waals surface area contributed by atoms with Crippen molar-refractivity contribution in [1.29, 1.82) is 0 Å². The average Bonchev–Trinajstić information content (AvgIpc) is 2.38. The zero-order valence-corrected chi connectivity index (χ0v) is 10.2. The van der Waals surface area contributed by atoms with E-state index in [0.29, 0.717) is 5.03 Å². The van der Waals surface area contributed by atoms with Crippen molar-refractivity contribution >= 4 is 27.5 Å². The first-order valence-corrected chi connectivity index (χ1v) is 5.75. The Kier molecular flexibility index (Phi) is 2.69. The summed E-state index contributed by atoms with van der Waals surface area (Å²) < 4.78 is 11.2. The fourth-order valence-corrected chi connectivity index (χ4v) is 2.82. The summed E-state index contributed by atoms with van der Waals surface area (Å²) in [4.78, 5) is -0.172. The van der Waals surface area contributed by atoms with E-state index in [2.05, 4.69) is 15.9 Å². The first-order chi connectivity index (χ1) is 6.41. The van der Waals surface area contributed by atoms with Crippen LogP contribution in [0.4, 0.5) is 0 Å². The van der Waals surface area contributed by atoms with Gasteiger partial charge >= 0.3 is 0 Å². The maximum atomic E-state index is 9.84. The first-order valence-electron chi connectivity index (χ1n) is 4.46. The van der Waals surface area contributed by atoms with Gasteiger partial charge in [0.1, 0.15) is 12.2 Å². The normalized spacial score (nSPS) is 45.9. The van der Waals surface area contributed by atoms with Crippen LogP contribution in [0.1, 0.15) is 13.8 Å². The third-order valence-electron chi connectivity index (χ3n) is 2.38. The molecule has 80 valence electrons. The molecule has 1 N–H and O–H groups in total. The molecular weight excluding hydrogens is 271 g/mol. The molecule has 1 heterocycles. The van der Waals surface area contributed by atoms with Crippen LogP contribution in [0.2, 0.25) is 0 Å². The van der Waals surface area contributed by atoms with Gasteiger partial charge in [0.05, 0.1) is 10.9 Å². The number of hydrogen-bond acceptors (Lipinski definition) is 3. The van der Waals surface area contributed by atoms with Crippen LogP contribution in [0.25, 0.3) is 0 Å². The number of halogens is 2. The summed E-state index contributed by atoms with van der Waals surface area (Å²) in [5, 5.41) is 10.4. The van der Waals surface area contributed by atoms with Gasteiger partial charge in [-0.1, -0.05) is 33.6 Å². The molecule has 0 amide bonds. The lowest BCUT2D eigenvalue weighted by Gasteiger charge is -2.29. The Bertz CT molecular complexity index is 279. The van der Waals surface area contributed by atoms with Gasteiger partial charge in [0, 0.05) is 5.03 Å². The number of alkyl halides is 1. The molecule has 1 aliphatic carbocycles. The molecule has 3 nitrogen and oxygen atoms in total. The SMILES string of the molecule is CC1(C)O[C@H]2[C@@H](O)[C@H](Br)C=C(Cl)[C@H]2O1. The summed E-state index contributed by atoms with van der Waals surface area (Å²) in [6, 6.07) is 0. The molecule has 0 aromatic carbocycles. The Labute approximate surface area is 96.1 Å². The lowest BCUT2D eigenvalue weighted by Crippen LogP contribution is -2.44. The fraction of sp³-hybridized carbons (Fsp3) is 0.778. The van der Waals surface area contributed by atoms with Crippen molar-refractivity contribution in [3.63, 3.8) is 0 Å². The second-order valence-corrected chi connectivity index (χ2v) is 5.50. The average molecular weight is 284 g/mol. The van der Waals surface area contributed by atoms with Crippen LogP contribution < -0.4 is 0 Å². The van der Waals surface area contributed by atoms with Crippen LogP contribution in [-0.4, -0.2) is 34.0 Å². The highest BCUT2D eigenvalue weighted by Gasteiger charge is 2.49. The maximum Gasteiger partial charge on any atom is 0.164 e. The molecule has 0 bridgehead atoms. The van der Waals surface area contributed by atoms with Crippen LogP contribution >= 0.6 is 27.5 Å². The Balaban J connectivity index is 2.27. The molecular formula is C9H12BrClO3. The van der Waals surface area contributed by atoms with E-state index >= 15 is 0 Å². The maximum absolute atomic E-state index is 9.84. The van der Waals surface area contributed by atoms with Crippen molar-refractivity contribution in [3.05, 3.63) is 11.1 Å². The van der Waals surface area contributed by atoms with E-state index in [1.54, 1.807) is 6.08 Å². The summed E-state index contributed by atoms with van der Waals surface area (Å²) in [6.07, 6.45) is 0.407. The van der Waals surface area contributed by atoms with Gasteiger partial charge in [-0.3, -0.25) is 0 Å². The predicted molar refractivity (Wildman–Crippen MR) is 56.5 cm³/mol. The summed E-state index contributed by atoms with van der Waals surface area (Å²) in [7, 11) is 0. The lowest BCUT2D eigenvalue weighted by molar-refractivity contribution is -0.152. The second-order valence-electron chi connectivity index (χ2n) is 4.01. The Hall–Kier alpha value is 0.390. The van der Waals surface area contributed by atoms with E-state index in [4.69, 9.17) is 21.1 Å². The number of aliphatic hydroxyl groups excluding tert-OH is 1. The van der Waals surface area contributed by atoms with Gasteiger partial charge < -0.3 is 14.6 Å². The van der Waals surface area contributed by atoms with Crippen molar-refractivity contribution in [2.24, 2.45) is 0 Å². The largest absolute Gasteiger partial charge is 0.389 e. The van der Waals surface area contributed by atoms with E-state index < -0.39 is 11.9 Å². The van der Waals surface area contributed by atoms with Gasteiger partial charge in [0.2, 0.25) is 0 Å².